The zero-order chi connectivity index (χ0) is 20.8. The van der Waals surface area contributed by atoms with Crippen LogP contribution in [0.1, 0.15) is 23.2 Å². The maximum absolute atomic E-state index is 10.7. The van der Waals surface area contributed by atoms with E-state index in [9.17, 15) is 10.2 Å². The van der Waals surface area contributed by atoms with Gasteiger partial charge in [-0.05, 0) is 36.4 Å². The molecule has 0 radical (unpaired) electrons. The molecular formula is C26H24N2O2. The Bertz CT molecular complexity index is 995. The summed E-state index contributed by atoms with van der Waals surface area (Å²) in [6.45, 7) is 0. The molecule has 0 aromatic heterocycles. The first-order chi connectivity index (χ1) is 14.7. The van der Waals surface area contributed by atoms with E-state index in [0.29, 0.717) is 0 Å². The fourth-order valence-corrected chi connectivity index (χ4v) is 3.61. The molecule has 0 saturated carbocycles. The quantitative estimate of drug-likeness (QED) is 0.305. The molecule has 30 heavy (non-hydrogen) atoms. The third-order valence-corrected chi connectivity index (χ3v) is 5.07. The van der Waals surface area contributed by atoms with Gasteiger partial charge in [-0.25, -0.2) is 0 Å². The van der Waals surface area contributed by atoms with E-state index in [4.69, 9.17) is 0 Å². The van der Waals surface area contributed by atoms with E-state index in [1.165, 1.54) is 0 Å². The monoisotopic (exact) mass is 396 g/mol. The van der Waals surface area contributed by atoms with Crippen LogP contribution in [-0.4, -0.2) is 10.2 Å². The van der Waals surface area contributed by atoms with Crippen LogP contribution in [0, 0.1) is 0 Å². The fourth-order valence-electron chi connectivity index (χ4n) is 3.61. The van der Waals surface area contributed by atoms with Crippen LogP contribution in [0.2, 0.25) is 0 Å². The molecule has 0 aliphatic heterocycles. The van der Waals surface area contributed by atoms with Crippen LogP contribution in [0.4, 0.5) is 11.4 Å². The summed E-state index contributed by atoms with van der Waals surface area (Å²) in [5, 5.41) is 28.4. The van der Waals surface area contributed by atoms with Crippen molar-refractivity contribution >= 4 is 11.4 Å². The second kappa shape index (κ2) is 9.05. The molecule has 0 spiro atoms. The zero-order valence-corrected chi connectivity index (χ0v) is 16.4. The van der Waals surface area contributed by atoms with Gasteiger partial charge >= 0.3 is 0 Å². The average Bonchev–Trinajstić information content (AvgIpc) is 2.79. The van der Waals surface area contributed by atoms with Gasteiger partial charge in [0.05, 0.1) is 12.1 Å². The SMILES string of the molecule is Oc1ccccc1C(Nc1ccccc1)C(Nc1ccccc1)c1ccccc1O. The predicted molar refractivity (Wildman–Crippen MR) is 122 cm³/mol. The number of nitrogens with one attached hydrogen (secondary N) is 2. The number of rotatable bonds is 7. The smallest absolute Gasteiger partial charge is 0.120 e. The predicted octanol–water partition coefficient (Wildman–Crippen LogP) is 6.10. The van der Waals surface area contributed by atoms with Gasteiger partial charge in [0.2, 0.25) is 0 Å². The Labute approximate surface area is 176 Å². The highest BCUT2D eigenvalue weighted by atomic mass is 16.3. The summed E-state index contributed by atoms with van der Waals surface area (Å²) in [4.78, 5) is 0. The van der Waals surface area contributed by atoms with Gasteiger partial charge in [-0.3, -0.25) is 0 Å². The molecule has 2 atom stereocenters. The van der Waals surface area contributed by atoms with Gasteiger partial charge in [0.25, 0.3) is 0 Å². The molecule has 2 unspecified atom stereocenters. The topological polar surface area (TPSA) is 64.5 Å². The number of aromatic hydroxyl groups is 2. The summed E-state index contributed by atoms with van der Waals surface area (Å²) < 4.78 is 0. The Morgan fingerprint density at radius 1 is 0.433 bits per heavy atom. The first-order valence-electron chi connectivity index (χ1n) is 9.91. The van der Waals surface area contributed by atoms with Crippen LogP contribution in [0.3, 0.4) is 0 Å². The minimum Gasteiger partial charge on any atom is -0.508 e. The lowest BCUT2D eigenvalue weighted by atomic mass is 9.91. The number of phenolic OH excluding ortho intramolecular Hbond substituents is 2. The standard InChI is InChI=1S/C26H24N2O2/c29-23-17-9-7-15-21(23)25(27-19-11-3-1-4-12-19)26(22-16-8-10-18-24(22)30)28-20-13-5-2-6-14-20/h1-18,25-30H. The van der Waals surface area contributed by atoms with Gasteiger partial charge in [0.15, 0.2) is 0 Å². The maximum atomic E-state index is 10.7. The third-order valence-electron chi connectivity index (χ3n) is 5.07. The van der Waals surface area contributed by atoms with Crippen molar-refractivity contribution in [2.75, 3.05) is 10.6 Å². The van der Waals surface area contributed by atoms with Crippen LogP contribution in [0.5, 0.6) is 11.5 Å². The van der Waals surface area contributed by atoms with Crippen LogP contribution >= 0.6 is 0 Å². The molecule has 4 N–H and O–H groups in total. The number of benzene rings is 4. The third kappa shape index (κ3) is 4.39. The van der Waals surface area contributed by atoms with E-state index in [0.717, 1.165) is 22.5 Å². The molecule has 0 amide bonds. The van der Waals surface area contributed by atoms with E-state index in [1.807, 2.05) is 84.9 Å². The molecule has 0 bridgehead atoms. The summed E-state index contributed by atoms with van der Waals surface area (Å²) in [6.07, 6.45) is 0. The van der Waals surface area contributed by atoms with Crippen molar-refractivity contribution in [3.8, 4) is 11.5 Å². The second-order valence-electron chi connectivity index (χ2n) is 7.09. The highest BCUT2D eigenvalue weighted by Gasteiger charge is 2.29. The lowest BCUT2D eigenvalue weighted by molar-refractivity contribution is 0.447. The summed E-state index contributed by atoms with van der Waals surface area (Å²) in [5.74, 6) is 0.391. The number of hydrogen-bond acceptors (Lipinski definition) is 4. The largest absolute Gasteiger partial charge is 0.508 e. The normalized spacial score (nSPS) is 12.7. The summed E-state index contributed by atoms with van der Waals surface area (Å²) >= 11 is 0. The zero-order valence-electron chi connectivity index (χ0n) is 16.4. The molecule has 0 heterocycles. The van der Waals surface area contributed by atoms with Crippen molar-refractivity contribution in [3.63, 3.8) is 0 Å². The molecule has 4 heteroatoms. The van der Waals surface area contributed by atoms with Crippen LogP contribution in [0.25, 0.3) is 0 Å². The van der Waals surface area contributed by atoms with Crippen molar-refractivity contribution in [2.45, 2.75) is 12.1 Å². The van der Waals surface area contributed by atoms with Crippen molar-refractivity contribution in [3.05, 3.63) is 120 Å². The molecular weight excluding hydrogens is 372 g/mol. The van der Waals surface area contributed by atoms with Crippen molar-refractivity contribution in [2.24, 2.45) is 0 Å². The minimum atomic E-state index is -0.359. The Hall–Kier alpha value is -3.92. The molecule has 0 aliphatic rings. The Morgan fingerprint density at radius 3 is 1.13 bits per heavy atom. The fraction of sp³-hybridized carbons (Fsp3) is 0.0769. The molecule has 0 fully saturated rings. The first kappa shape index (κ1) is 19.4. The lowest BCUT2D eigenvalue weighted by Crippen LogP contribution is -2.26. The van der Waals surface area contributed by atoms with Crippen molar-refractivity contribution < 1.29 is 10.2 Å². The van der Waals surface area contributed by atoms with Gasteiger partial charge in [-0.2, -0.15) is 0 Å². The number of anilines is 2. The van der Waals surface area contributed by atoms with E-state index in [1.54, 1.807) is 24.3 Å². The van der Waals surface area contributed by atoms with Gasteiger partial charge in [0.1, 0.15) is 11.5 Å². The Kier molecular flexibility index (Phi) is 5.85. The van der Waals surface area contributed by atoms with E-state index in [2.05, 4.69) is 10.6 Å². The Balaban J connectivity index is 1.83. The van der Waals surface area contributed by atoms with E-state index in [-0.39, 0.29) is 23.6 Å². The first-order valence-corrected chi connectivity index (χ1v) is 9.91. The second-order valence-corrected chi connectivity index (χ2v) is 7.09. The minimum absolute atomic E-state index is 0.196. The Morgan fingerprint density at radius 2 is 0.767 bits per heavy atom. The highest BCUT2D eigenvalue weighted by Crippen LogP contribution is 2.41. The number of phenols is 2. The van der Waals surface area contributed by atoms with Gasteiger partial charge in [-0.15, -0.1) is 0 Å². The van der Waals surface area contributed by atoms with Crippen molar-refractivity contribution in [1.82, 2.24) is 0 Å². The van der Waals surface area contributed by atoms with Crippen LogP contribution in [-0.2, 0) is 0 Å². The molecule has 4 nitrogen and oxygen atoms in total. The summed E-state index contributed by atoms with van der Waals surface area (Å²) in [5.41, 5.74) is 3.30. The molecule has 4 rings (SSSR count). The lowest BCUT2D eigenvalue weighted by Gasteiger charge is -2.32. The molecule has 150 valence electrons. The van der Waals surface area contributed by atoms with Crippen molar-refractivity contribution in [1.29, 1.82) is 0 Å². The molecule has 0 saturated heterocycles. The van der Waals surface area contributed by atoms with Gasteiger partial charge < -0.3 is 20.8 Å². The number of para-hydroxylation sites is 4. The summed E-state index contributed by atoms with van der Waals surface area (Å²) in [6, 6.07) is 33.6. The molecule has 4 aromatic carbocycles. The van der Waals surface area contributed by atoms with Gasteiger partial charge in [-0.1, -0.05) is 72.8 Å². The van der Waals surface area contributed by atoms with E-state index >= 15 is 0 Å². The van der Waals surface area contributed by atoms with Crippen LogP contribution < -0.4 is 10.6 Å². The maximum Gasteiger partial charge on any atom is 0.120 e. The summed E-state index contributed by atoms with van der Waals surface area (Å²) in [7, 11) is 0. The van der Waals surface area contributed by atoms with E-state index < -0.39 is 0 Å². The highest BCUT2D eigenvalue weighted by molar-refractivity contribution is 5.54. The molecule has 4 aromatic rings. The average molecular weight is 396 g/mol. The van der Waals surface area contributed by atoms with Crippen LogP contribution in [0.15, 0.2) is 109 Å². The number of hydrogen-bond donors (Lipinski definition) is 4. The van der Waals surface area contributed by atoms with Gasteiger partial charge in [0, 0.05) is 22.5 Å². The molecule has 0 aliphatic carbocycles.